The smallest absolute Gasteiger partial charge is 0.224 e. The summed E-state index contributed by atoms with van der Waals surface area (Å²) >= 11 is 0. The van der Waals surface area contributed by atoms with Crippen LogP contribution in [0.2, 0.25) is 0 Å². The molecule has 0 bridgehead atoms. The van der Waals surface area contributed by atoms with E-state index in [4.69, 9.17) is 10.00 Å². The van der Waals surface area contributed by atoms with E-state index >= 15 is 0 Å². The fourth-order valence-electron chi connectivity index (χ4n) is 1.84. The van der Waals surface area contributed by atoms with Gasteiger partial charge >= 0.3 is 0 Å². The number of ether oxygens (including phenoxy) is 1. The third-order valence-corrected chi connectivity index (χ3v) is 2.89. The molecule has 1 aromatic carbocycles. The molecule has 4 heteroatoms. The van der Waals surface area contributed by atoms with Crippen LogP contribution in [0.5, 0.6) is 5.75 Å². The first kappa shape index (κ1) is 15.0. The summed E-state index contributed by atoms with van der Waals surface area (Å²) in [6.45, 7) is 2.13. The van der Waals surface area contributed by atoms with Crippen LogP contribution in [0.15, 0.2) is 18.2 Å². The number of hydrogen-bond donors (Lipinski definition) is 1. The SMILES string of the molecule is CCCCCCC(=O)Nc1c(C#N)cccc1OC. The molecule has 1 aromatic rings. The quantitative estimate of drug-likeness (QED) is 0.763. The van der Waals surface area contributed by atoms with Gasteiger partial charge in [-0.3, -0.25) is 4.79 Å². The normalized spacial score (nSPS) is 9.74. The maximum absolute atomic E-state index is 11.8. The summed E-state index contributed by atoms with van der Waals surface area (Å²) in [4.78, 5) is 11.8. The first-order valence-electron chi connectivity index (χ1n) is 6.59. The first-order valence-corrected chi connectivity index (χ1v) is 6.59. The summed E-state index contributed by atoms with van der Waals surface area (Å²) in [5.74, 6) is 0.443. The van der Waals surface area contributed by atoms with Gasteiger partial charge in [0.05, 0.1) is 12.7 Å². The Kier molecular flexibility index (Phi) is 6.45. The molecule has 0 saturated heterocycles. The van der Waals surface area contributed by atoms with Crippen molar-refractivity contribution in [2.45, 2.75) is 39.0 Å². The molecule has 102 valence electrons. The second-order valence-electron chi connectivity index (χ2n) is 4.35. The van der Waals surface area contributed by atoms with Gasteiger partial charge in [-0.15, -0.1) is 0 Å². The molecule has 1 amide bonds. The highest BCUT2D eigenvalue weighted by Crippen LogP contribution is 2.28. The fraction of sp³-hybridized carbons (Fsp3) is 0.467. The molecule has 0 spiro atoms. The van der Waals surface area contributed by atoms with Gasteiger partial charge in [0.1, 0.15) is 17.5 Å². The van der Waals surface area contributed by atoms with Crippen molar-refractivity contribution in [2.75, 3.05) is 12.4 Å². The Morgan fingerprint density at radius 2 is 2.16 bits per heavy atom. The Hall–Kier alpha value is -2.02. The molecule has 0 saturated carbocycles. The van der Waals surface area contributed by atoms with E-state index in [9.17, 15) is 4.79 Å². The minimum Gasteiger partial charge on any atom is -0.495 e. The van der Waals surface area contributed by atoms with Crippen LogP contribution in [0, 0.1) is 11.3 Å². The lowest BCUT2D eigenvalue weighted by atomic mass is 10.1. The number of carbonyl (C=O) groups is 1. The van der Waals surface area contributed by atoms with Crippen molar-refractivity contribution in [1.82, 2.24) is 0 Å². The van der Waals surface area contributed by atoms with Crippen LogP contribution < -0.4 is 10.1 Å². The summed E-state index contributed by atoms with van der Waals surface area (Å²) in [5, 5.41) is 11.8. The van der Waals surface area contributed by atoms with Crippen LogP contribution in [0.25, 0.3) is 0 Å². The van der Waals surface area contributed by atoms with Gasteiger partial charge in [-0.1, -0.05) is 32.3 Å². The van der Waals surface area contributed by atoms with E-state index in [0.717, 1.165) is 25.7 Å². The van der Waals surface area contributed by atoms with Gasteiger partial charge in [0.15, 0.2) is 0 Å². The average Bonchev–Trinajstić information content (AvgIpc) is 2.43. The van der Waals surface area contributed by atoms with Crippen molar-refractivity contribution in [3.05, 3.63) is 23.8 Å². The van der Waals surface area contributed by atoms with Gasteiger partial charge in [-0.25, -0.2) is 0 Å². The molecular weight excluding hydrogens is 240 g/mol. The number of benzene rings is 1. The van der Waals surface area contributed by atoms with Crippen LogP contribution >= 0.6 is 0 Å². The molecular formula is C15H20N2O2. The van der Waals surface area contributed by atoms with Gasteiger partial charge in [-0.2, -0.15) is 5.26 Å². The van der Waals surface area contributed by atoms with Crippen molar-refractivity contribution < 1.29 is 9.53 Å². The van der Waals surface area contributed by atoms with Crippen LogP contribution in [-0.4, -0.2) is 13.0 Å². The topological polar surface area (TPSA) is 62.1 Å². The minimum atomic E-state index is -0.0721. The maximum atomic E-state index is 11.8. The van der Waals surface area contributed by atoms with Gasteiger partial charge < -0.3 is 10.1 Å². The van der Waals surface area contributed by atoms with Crippen LogP contribution in [-0.2, 0) is 4.79 Å². The zero-order chi connectivity index (χ0) is 14.1. The Bertz CT molecular complexity index is 464. The number of methoxy groups -OCH3 is 1. The van der Waals surface area contributed by atoms with Crippen molar-refractivity contribution >= 4 is 11.6 Å². The van der Waals surface area contributed by atoms with Crippen LogP contribution in [0.4, 0.5) is 5.69 Å². The Morgan fingerprint density at radius 3 is 2.79 bits per heavy atom. The molecule has 0 aliphatic rings. The molecule has 1 rings (SSSR count). The van der Waals surface area contributed by atoms with Crippen molar-refractivity contribution in [3.8, 4) is 11.8 Å². The van der Waals surface area contributed by atoms with Crippen molar-refractivity contribution in [2.24, 2.45) is 0 Å². The van der Waals surface area contributed by atoms with Gasteiger partial charge in [0.2, 0.25) is 5.91 Å². The fourth-order valence-corrected chi connectivity index (χ4v) is 1.84. The summed E-state index contributed by atoms with van der Waals surface area (Å²) in [6, 6.07) is 7.18. The Morgan fingerprint density at radius 1 is 1.37 bits per heavy atom. The summed E-state index contributed by atoms with van der Waals surface area (Å²) in [6.07, 6.45) is 4.69. The van der Waals surface area contributed by atoms with E-state index in [-0.39, 0.29) is 5.91 Å². The highest BCUT2D eigenvalue weighted by Gasteiger charge is 2.11. The monoisotopic (exact) mass is 260 g/mol. The van der Waals surface area contributed by atoms with Gasteiger partial charge in [-0.05, 0) is 18.6 Å². The molecule has 0 fully saturated rings. The van der Waals surface area contributed by atoms with E-state index in [0.29, 0.717) is 23.4 Å². The van der Waals surface area contributed by atoms with Gasteiger partial charge in [0.25, 0.3) is 0 Å². The van der Waals surface area contributed by atoms with E-state index in [1.807, 2.05) is 0 Å². The predicted octanol–water partition coefficient (Wildman–Crippen LogP) is 3.48. The first-order chi connectivity index (χ1) is 9.22. The van der Waals surface area contributed by atoms with E-state index in [2.05, 4.69) is 18.3 Å². The lowest BCUT2D eigenvalue weighted by molar-refractivity contribution is -0.116. The number of nitrogens with one attached hydrogen (secondary N) is 1. The maximum Gasteiger partial charge on any atom is 0.224 e. The molecule has 19 heavy (non-hydrogen) atoms. The molecule has 0 radical (unpaired) electrons. The van der Waals surface area contributed by atoms with Crippen molar-refractivity contribution in [3.63, 3.8) is 0 Å². The zero-order valence-electron chi connectivity index (χ0n) is 11.5. The number of para-hydroxylation sites is 1. The standard InChI is InChI=1S/C15H20N2O2/c1-3-4-5-6-10-14(18)17-15-12(11-16)8-7-9-13(15)19-2/h7-9H,3-6,10H2,1-2H3,(H,17,18). The van der Waals surface area contributed by atoms with Gasteiger partial charge in [0, 0.05) is 6.42 Å². The lowest BCUT2D eigenvalue weighted by Gasteiger charge is -2.11. The third-order valence-electron chi connectivity index (χ3n) is 2.89. The summed E-state index contributed by atoms with van der Waals surface area (Å²) < 4.78 is 5.17. The largest absolute Gasteiger partial charge is 0.495 e. The highest BCUT2D eigenvalue weighted by molar-refractivity contribution is 5.93. The second kappa shape index (κ2) is 8.15. The number of hydrogen-bond acceptors (Lipinski definition) is 3. The molecule has 0 aliphatic carbocycles. The minimum absolute atomic E-state index is 0.0721. The number of nitrogens with zero attached hydrogens (tertiary/aromatic N) is 1. The average molecular weight is 260 g/mol. The Balaban J connectivity index is 2.65. The summed E-state index contributed by atoms with van der Waals surface area (Å²) in [5.41, 5.74) is 0.884. The molecule has 0 aliphatic heterocycles. The number of nitriles is 1. The van der Waals surface area contributed by atoms with E-state index in [1.165, 1.54) is 7.11 Å². The highest BCUT2D eigenvalue weighted by atomic mass is 16.5. The molecule has 0 heterocycles. The number of carbonyl (C=O) groups excluding carboxylic acids is 1. The predicted molar refractivity (Wildman–Crippen MR) is 75.1 cm³/mol. The molecule has 1 N–H and O–H groups in total. The zero-order valence-corrected chi connectivity index (χ0v) is 11.5. The van der Waals surface area contributed by atoms with E-state index < -0.39 is 0 Å². The Labute approximate surface area is 114 Å². The number of unbranched alkanes of at least 4 members (excludes halogenated alkanes) is 3. The molecule has 0 aromatic heterocycles. The molecule has 0 atom stereocenters. The molecule has 4 nitrogen and oxygen atoms in total. The van der Waals surface area contributed by atoms with Crippen LogP contribution in [0.1, 0.15) is 44.6 Å². The third kappa shape index (κ3) is 4.63. The number of anilines is 1. The van der Waals surface area contributed by atoms with E-state index in [1.54, 1.807) is 18.2 Å². The molecule has 0 unspecified atom stereocenters. The number of rotatable bonds is 7. The summed E-state index contributed by atoms with van der Waals surface area (Å²) in [7, 11) is 1.52. The number of amides is 1. The van der Waals surface area contributed by atoms with Crippen LogP contribution in [0.3, 0.4) is 0 Å². The lowest BCUT2D eigenvalue weighted by Crippen LogP contribution is -2.13. The second-order valence-corrected chi connectivity index (χ2v) is 4.35. The van der Waals surface area contributed by atoms with Crippen molar-refractivity contribution in [1.29, 1.82) is 5.26 Å².